The predicted octanol–water partition coefficient (Wildman–Crippen LogP) is 4.58. The number of carbonyl (C=O) groups is 1. The van der Waals surface area contributed by atoms with Gasteiger partial charge in [-0.2, -0.15) is 0 Å². The van der Waals surface area contributed by atoms with Crippen molar-refractivity contribution in [2.45, 2.75) is 75.9 Å². The number of carbonyl (C=O) groups excluding carboxylic acids is 1. The van der Waals surface area contributed by atoms with Crippen molar-refractivity contribution in [3.63, 3.8) is 0 Å². The van der Waals surface area contributed by atoms with Crippen LogP contribution in [0.2, 0.25) is 0 Å². The number of nitrogens with one attached hydrogen (secondary N) is 1. The van der Waals surface area contributed by atoms with E-state index in [1.165, 1.54) is 43.9 Å². The summed E-state index contributed by atoms with van der Waals surface area (Å²) in [7, 11) is 2.14. The van der Waals surface area contributed by atoms with Crippen LogP contribution in [-0.2, 0) is 5.75 Å². The lowest BCUT2D eigenvalue weighted by Crippen LogP contribution is -2.34. The Bertz CT molecular complexity index is 799. The molecule has 28 heavy (non-hydrogen) atoms. The maximum atomic E-state index is 12.0. The van der Waals surface area contributed by atoms with Crippen LogP contribution in [0.5, 0.6) is 0 Å². The van der Waals surface area contributed by atoms with Crippen molar-refractivity contribution in [2.24, 2.45) is 0 Å². The summed E-state index contributed by atoms with van der Waals surface area (Å²) in [6.45, 7) is 5.86. The van der Waals surface area contributed by atoms with Gasteiger partial charge in [0.2, 0.25) is 0 Å². The summed E-state index contributed by atoms with van der Waals surface area (Å²) < 4.78 is 5.67. The van der Waals surface area contributed by atoms with E-state index < -0.39 is 0 Å². The van der Waals surface area contributed by atoms with Crippen LogP contribution in [0.15, 0.2) is 27.8 Å². The molecule has 7 heteroatoms. The van der Waals surface area contributed by atoms with Gasteiger partial charge in [-0.15, -0.1) is 0 Å². The zero-order valence-corrected chi connectivity index (χ0v) is 18.0. The molecule has 0 bridgehead atoms. The number of rotatable bonds is 7. The van der Waals surface area contributed by atoms with E-state index in [9.17, 15) is 4.79 Å². The van der Waals surface area contributed by atoms with Gasteiger partial charge in [0.15, 0.2) is 10.9 Å². The molecule has 1 amide bonds. The summed E-state index contributed by atoms with van der Waals surface area (Å²) in [6.07, 6.45) is 6.40. The van der Waals surface area contributed by atoms with Crippen LogP contribution in [0.1, 0.15) is 68.0 Å². The molecule has 1 aliphatic rings. The minimum absolute atomic E-state index is 0.0793. The molecular formula is C21H30N4O2S. The van der Waals surface area contributed by atoms with Gasteiger partial charge in [-0.1, -0.05) is 31.0 Å². The Morgan fingerprint density at radius 2 is 2.04 bits per heavy atom. The summed E-state index contributed by atoms with van der Waals surface area (Å²) in [4.78, 5) is 23.6. The Morgan fingerprint density at radius 3 is 2.75 bits per heavy atom. The molecule has 3 rings (SSSR count). The molecular weight excluding hydrogens is 372 g/mol. The zero-order valence-electron chi connectivity index (χ0n) is 17.2. The van der Waals surface area contributed by atoms with Crippen LogP contribution in [0.4, 0.5) is 5.82 Å². The molecule has 1 fully saturated rings. The molecule has 2 aromatic heterocycles. The summed E-state index contributed by atoms with van der Waals surface area (Å²) in [5, 5.41) is 3.57. The highest BCUT2D eigenvalue weighted by atomic mass is 32.2. The van der Waals surface area contributed by atoms with E-state index in [0.29, 0.717) is 17.6 Å². The van der Waals surface area contributed by atoms with Crippen molar-refractivity contribution in [3.8, 4) is 0 Å². The second kappa shape index (κ2) is 9.45. The van der Waals surface area contributed by atoms with Gasteiger partial charge < -0.3 is 14.6 Å². The largest absolute Gasteiger partial charge is 0.455 e. The minimum Gasteiger partial charge on any atom is -0.455 e. The molecule has 0 radical (unpaired) electrons. The van der Waals surface area contributed by atoms with Gasteiger partial charge in [0.1, 0.15) is 11.6 Å². The second-order valence-corrected chi connectivity index (χ2v) is 8.68. The second-order valence-electron chi connectivity index (χ2n) is 7.74. The fourth-order valence-electron chi connectivity index (χ4n) is 3.47. The number of thioether (sulfide) groups is 1. The number of nitrogens with zero attached hydrogens (tertiary/aromatic N) is 3. The lowest BCUT2D eigenvalue weighted by atomic mass is 9.94. The molecule has 1 N–H and O–H groups in total. The molecule has 2 heterocycles. The molecule has 2 aromatic rings. The van der Waals surface area contributed by atoms with Gasteiger partial charge in [-0.05, 0) is 45.7 Å². The minimum atomic E-state index is -0.186. The Morgan fingerprint density at radius 1 is 1.29 bits per heavy atom. The Balaban J connectivity index is 1.64. The lowest BCUT2D eigenvalue weighted by Gasteiger charge is -2.32. The average molecular weight is 403 g/mol. The van der Waals surface area contributed by atoms with Crippen LogP contribution in [-0.4, -0.2) is 35.0 Å². The van der Waals surface area contributed by atoms with E-state index in [1.807, 2.05) is 26.8 Å². The van der Waals surface area contributed by atoms with Gasteiger partial charge in [0.05, 0.1) is 5.75 Å². The van der Waals surface area contributed by atoms with E-state index >= 15 is 0 Å². The van der Waals surface area contributed by atoms with Crippen molar-refractivity contribution in [1.29, 1.82) is 0 Å². The fraction of sp³-hybridized carbons (Fsp3) is 0.571. The van der Waals surface area contributed by atoms with Crippen LogP contribution in [0, 0.1) is 6.92 Å². The number of aryl methyl sites for hydroxylation is 1. The predicted molar refractivity (Wildman–Crippen MR) is 113 cm³/mol. The van der Waals surface area contributed by atoms with E-state index in [-0.39, 0.29) is 11.9 Å². The third kappa shape index (κ3) is 5.50. The van der Waals surface area contributed by atoms with Crippen LogP contribution < -0.4 is 10.2 Å². The van der Waals surface area contributed by atoms with Gasteiger partial charge in [-0.25, -0.2) is 9.97 Å². The monoisotopic (exact) mass is 402 g/mol. The molecule has 0 atom stereocenters. The number of anilines is 1. The van der Waals surface area contributed by atoms with Crippen molar-refractivity contribution >= 4 is 23.5 Å². The highest BCUT2D eigenvalue weighted by Crippen LogP contribution is 2.28. The Labute approximate surface area is 171 Å². The SMILES string of the molecule is Cc1cc(N(C)C2CCCCC2)nc(SCc2ccc(C(=O)NC(C)C)o2)n1. The van der Waals surface area contributed by atoms with Crippen molar-refractivity contribution in [1.82, 2.24) is 15.3 Å². The zero-order chi connectivity index (χ0) is 20.1. The maximum absolute atomic E-state index is 12.0. The van der Waals surface area contributed by atoms with Crippen molar-refractivity contribution in [2.75, 3.05) is 11.9 Å². The Hall–Kier alpha value is -2.02. The number of furan rings is 1. The molecule has 0 saturated heterocycles. The average Bonchev–Trinajstić information content (AvgIpc) is 3.15. The topological polar surface area (TPSA) is 71.3 Å². The van der Waals surface area contributed by atoms with E-state index in [1.54, 1.807) is 6.07 Å². The van der Waals surface area contributed by atoms with Gasteiger partial charge in [0.25, 0.3) is 5.91 Å². The third-order valence-electron chi connectivity index (χ3n) is 4.95. The molecule has 152 valence electrons. The van der Waals surface area contributed by atoms with E-state index in [0.717, 1.165) is 22.4 Å². The van der Waals surface area contributed by atoms with Crippen molar-refractivity contribution < 1.29 is 9.21 Å². The summed E-state index contributed by atoms with van der Waals surface area (Å²) in [5.41, 5.74) is 0.964. The van der Waals surface area contributed by atoms with Crippen LogP contribution in [0.3, 0.4) is 0 Å². The first kappa shape index (κ1) is 20.7. The van der Waals surface area contributed by atoms with Crippen molar-refractivity contribution in [3.05, 3.63) is 35.4 Å². The molecule has 1 aliphatic carbocycles. The molecule has 1 saturated carbocycles. The van der Waals surface area contributed by atoms with Crippen LogP contribution in [0.25, 0.3) is 0 Å². The summed E-state index contributed by atoms with van der Waals surface area (Å²) >= 11 is 1.53. The van der Waals surface area contributed by atoms with E-state index in [2.05, 4.69) is 28.3 Å². The maximum Gasteiger partial charge on any atom is 0.287 e. The normalized spacial score (nSPS) is 15.0. The summed E-state index contributed by atoms with van der Waals surface area (Å²) in [6, 6.07) is 6.25. The Kier molecular flexibility index (Phi) is 6.99. The molecule has 0 aromatic carbocycles. The smallest absolute Gasteiger partial charge is 0.287 e. The third-order valence-corrected chi connectivity index (χ3v) is 5.82. The fourth-order valence-corrected chi connectivity index (χ4v) is 4.27. The molecule has 0 unspecified atom stereocenters. The number of hydrogen-bond acceptors (Lipinski definition) is 6. The number of amides is 1. The highest BCUT2D eigenvalue weighted by molar-refractivity contribution is 7.98. The number of aromatic nitrogens is 2. The number of hydrogen-bond donors (Lipinski definition) is 1. The van der Waals surface area contributed by atoms with E-state index in [4.69, 9.17) is 9.40 Å². The van der Waals surface area contributed by atoms with Gasteiger partial charge >= 0.3 is 0 Å². The first-order valence-electron chi connectivity index (χ1n) is 10.0. The van der Waals surface area contributed by atoms with Crippen LogP contribution >= 0.6 is 11.8 Å². The lowest BCUT2D eigenvalue weighted by molar-refractivity contribution is 0.0913. The van der Waals surface area contributed by atoms with Gasteiger partial charge in [0, 0.05) is 30.9 Å². The molecule has 0 spiro atoms. The standard InChI is InChI=1S/C21H30N4O2S/c1-14(2)22-20(26)18-11-10-17(27-18)13-28-21-23-15(3)12-19(24-21)25(4)16-8-6-5-7-9-16/h10-12,14,16H,5-9,13H2,1-4H3,(H,22,26). The highest BCUT2D eigenvalue weighted by Gasteiger charge is 2.20. The summed E-state index contributed by atoms with van der Waals surface area (Å²) in [5.74, 6) is 2.47. The quantitative estimate of drug-likeness (QED) is 0.540. The first-order chi connectivity index (χ1) is 13.4. The molecule has 0 aliphatic heterocycles. The van der Waals surface area contributed by atoms with Gasteiger partial charge in [-0.3, -0.25) is 4.79 Å². The molecule has 6 nitrogen and oxygen atoms in total. The first-order valence-corrected chi connectivity index (χ1v) is 11.0.